The molecule has 0 aliphatic rings. The van der Waals surface area contributed by atoms with Crippen molar-refractivity contribution >= 4 is 6.29 Å². The van der Waals surface area contributed by atoms with Gasteiger partial charge in [-0.2, -0.15) is 0 Å². The molecule has 2 aromatic carbocycles. The molecule has 0 aliphatic heterocycles. The SMILES string of the molecule is COc1ccc(C=O)cc1F.Cc1ccc(CO)cc1F. The maximum Gasteiger partial charge on any atom is 0.165 e. The Morgan fingerprint density at radius 1 is 1.14 bits per heavy atom. The van der Waals surface area contributed by atoms with Crippen molar-refractivity contribution in [1.29, 1.82) is 0 Å². The average molecular weight is 294 g/mol. The van der Waals surface area contributed by atoms with Crippen LogP contribution in [0, 0.1) is 18.6 Å². The third-order valence-electron chi connectivity index (χ3n) is 2.73. The van der Waals surface area contributed by atoms with Crippen LogP contribution in [0.15, 0.2) is 36.4 Å². The van der Waals surface area contributed by atoms with Gasteiger partial charge in [-0.3, -0.25) is 4.79 Å². The Bertz CT molecular complexity index is 612. The summed E-state index contributed by atoms with van der Waals surface area (Å²) < 4.78 is 30.1. The summed E-state index contributed by atoms with van der Waals surface area (Å²) in [7, 11) is 1.37. The highest BCUT2D eigenvalue weighted by molar-refractivity contribution is 5.74. The summed E-state index contributed by atoms with van der Waals surface area (Å²) in [6, 6.07) is 8.74. The Morgan fingerprint density at radius 2 is 1.86 bits per heavy atom. The first-order chi connectivity index (χ1) is 10.0. The lowest BCUT2D eigenvalue weighted by Crippen LogP contribution is -1.89. The van der Waals surface area contributed by atoms with Crippen molar-refractivity contribution in [2.75, 3.05) is 7.11 Å². The van der Waals surface area contributed by atoms with Gasteiger partial charge in [-0.25, -0.2) is 8.78 Å². The molecule has 21 heavy (non-hydrogen) atoms. The highest BCUT2D eigenvalue weighted by Gasteiger charge is 2.01. The first kappa shape index (κ1) is 16.8. The number of aliphatic hydroxyl groups excluding tert-OH is 1. The molecule has 0 atom stereocenters. The molecule has 3 nitrogen and oxygen atoms in total. The summed E-state index contributed by atoms with van der Waals surface area (Å²) in [6.45, 7) is 1.59. The fourth-order valence-corrected chi connectivity index (χ4v) is 1.49. The number of hydrogen-bond donors (Lipinski definition) is 1. The van der Waals surface area contributed by atoms with E-state index in [1.54, 1.807) is 19.1 Å². The molecule has 112 valence electrons. The molecule has 0 unspecified atom stereocenters. The molecule has 0 amide bonds. The van der Waals surface area contributed by atoms with E-state index < -0.39 is 5.82 Å². The summed E-state index contributed by atoms with van der Waals surface area (Å²) in [6.07, 6.45) is 0.586. The monoisotopic (exact) mass is 294 g/mol. The Hall–Kier alpha value is -2.27. The van der Waals surface area contributed by atoms with E-state index in [1.165, 1.54) is 25.3 Å². The summed E-state index contributed by atoms with van der Waals surface area (Å²) in [5.41, 5.74) is 1.53. The van der Waals surface area contributed by atoms with Crippen LogP contribution in [0.2, 0.25) is 0 Å². The van der Waals surface area contributed by atoms with Crippen LogP contribution in [0.25, 0.3) is 0 Å². The van der Waals surface area contributed by atoms with E-state index in [2.05, 4.69) is 4.74 Å². The van der Waals surface area contributed by atoms with Crippen molar-refractivity contribution in [3.05, 3.63) is 64.7 Å². The minimum atomic E-state index is -0.517. The van der Waals surface area contributed by atoms with Crippen LogP contribution < -0.4 is 4.74 Å². The lowest BCUT2D eigenvalue weighted by molar-refractivity contribution is 0.112. The molecule has 0 bridgehead atoms. The number of aliphatic hydroxyl groups is 1. The molecule has 5 heteroatoms. The lowest BCUT2D eigenvalue weighted by Gasteiger charge is -1.99. The second-order valence-corrected chi connectivity index (χ2v) is 4.25. The van der Waals surface area contributed by atoms with Crippen LogP contribution in [0.3, 0.4) is 0 Å². The van der Waals surface area contributed by atoms with Crippen molar-refractivity contribution < 1.29 is 23.4 Å². The van der Waals surface area contributed by atoms with E-state index in [0.717, 1.165) is 6.07 Å². The van der Waals surface area contributed by atoms with Crippen molar-refractivity contribution in [1.82, 2.24) is 0 Å². The van der Waals surface area contributed by atoms with Gasteiger partial charge in [0.1, 0.15) is 12.1 Å². The molecule has 2 rings (SSSR count). The van der Waals surface area contributed by atoms with Crippen molar-refractivity contribution in [3.63, 3.8) is 0 Å². The van der Waals surface area contributed by atoms with Gasteiger partial charge in [-0.15, -0.1) is 0 Å². The van der Waals surface area contributed by atoms with E-state index in [1.807, 2.05) is 0 Å². The third kappa shape index (κ3) is 4.96. The number of aryl methyl sites for hydroxylation is 1. The lowest BCUT2D eigenvalue weighted by atomic mass is 10.1. The summed E-state index contributed by atoms with van der Waals surface area (Å²) >= 11 is 0. The van der Waals surface area contributed by atoms with Gasteiger partial charge >= 0.3 is 0 Å². The maximum atomic E-state index is 12.8. The minimum absolute atomic E-state index is 0.100. The van der Waals surface area contributed by atoms with Gasteiger partial charge in [0.2, 0.25) is 0 Å². The van der Waals surface area contributed by atoms with Crippen LogP contribution in [-0.4, -0.2) is 18.5 Å². The molecule has 1 N–H and O–H groups in total. The van der Waals surface area contributed by atoms with Crippen LogP contribution in [0.5, 0.6) is 5.75 Å². The normalized spacial score (nSPS) is 9.57. The van der Waals surface area contributed by atoms with Gasteiger partial charge in [0, 0.05) is 5.56 Å². The second-order valence-electron chi connectivity index (χ2n) is 4.25. The first-order valence-electron chi connectivity index (χ1n) is 6.16. The standard InChI is InChI=1S/C8H7FO2.C8H9FO/c1-11-8-3-2-6(5-10)4-7(8)9;1-6-2-3-7(5-10)4-8(6)9/h2-5H,1H3;2-4,10H,5H2,1H3. The number of aldehydes is 1. The molecule has 0 fully saturated rings. The number of rotatable bonds is 3. The quantitative estimate of drug-likeness (QED) is 0.884. The summed E-state index contributed by atoms with van der Waals surface area (Å²) in [4.78, 5) is 10.2. The molecule has 0 saturated heterocycles. The van der Waals surface area contributed by atoms with Gasteiger partial charge in [0.05, 0.1) is 13.7 Å². The van der Waals surface area contributed by atoms with Gasteiger partial charge in [-0.05, 0) is 42.3 Å². The third-order valence-corrected chi connectivity index (χ3v) is 2.73. The first-order valence-corrected chi connectivity index (χ1v) is 6.16. The summed E-state index contributed by atoms with van der Waals surface area (Å²) in [5.74, 6) is -0.626. The summed E-state index contributed by atoms with van der Waals surface area (Å²) in [5, 5.41) is 8.59. The topological polar surface area (TPSA) is 46.5 Å². The molecule has 0 aromatic heterocycles. The number of hydrogen-bond acceptors (Lipinski definition) is 3. The average Bonchev–Trinajstić information content (AvgIpc) is 2.50. The molecular weight excluding hydrogens is 278 g/mol. The van der Waals surface area contributed by atoms with Gasteiger partial charge in [-0.1, -0.05) is 12.1 Å². The number of halogens is 2. The smallest absolute Gasteiger partial charge is 0.165 e. The molecular formula is C16H16F2O3. The molecule has 0 saturated carbocycles. The van der Waals surface area contributed by atoms with Crippen LogP contribution >= 0.6 is 0 Å². The molecule has 0 aliphatic carbocycles. The van der Waals surface area contributed by atoms with Crippen LogP contribution in [-0.2, 0) is 6.61 Å². The Morgan fingerprint density at radius 3 is 2.33 bits per heavy atom. The largest absolute Gasteiger partial charge is 0.494 e. The van der Waals surface area contributed by atoms with Crippen LogP contribution in [0.4, 0.5) is 8.78 Å². The Labute approximate surface area is 121 Å². The van der Waals surface area contributed by atoms with Gasteiger partial charge in [0.15, 0.2) is 11.6 Å². The number of ether oxygens (including phenoxy) is 1. The van der Waals surface area contributed by atoms with Gasteiger partial charge < -0.3 is 9.84 Å². The van der Waals surface area contributed by atoms with Crippen LogP contribution in [0.1, 0.15) is 21.5 Å². The number of benzene rings is 2. The number of methoxy groups -OCH3 is 1. The molecule has 0 spiro atoms. The Balaban J connectivity index is 0.000000211. The second kappa shape index (κ2) is 8.11. The Kier molecular flexibility index (Phi) is 6.49. The number of carbonyl (C=O) groups is 1. The zero-order valence-electron chi connectivity index (χ0n) is 11.8. The van der Waals surface area contributed by atoms with E-state index in [-0.39, 0.29) is 18.2 Å². The molecule has 0 heterocycles. The predicted octanol–water partition coefficient (Wildman–Crippen LogP) is 3.27. The van der Waals surface area contributed by atoms with E-state index in [4.69, 9.17) is 5.11 Å². The van der Waals surface area contributed by atoms with E-state index in [0.29, 0.717) is 23.0 Å². The fraction of sp³-hybridized carbons (Fsp3) is 0.188. The van der Waals surface area contributed by atoms with E-state index >= 15 is 0 Å². The van der Waals surface area contributed by atoms with Crippen molar-refractivity contribution in [2.24, 2.45) is 0 Å². The van der Waals surface area contributed by atoms with E-state index in [9.17, 15) is 13.6 Å². The zero-order chi connectivity index (χ0) is 15.8. The van der Waals surface area contributed by atoms with Crippen molar-refractivity contribution in [3.8, 4) is 5.75 Å². The van der Waals surface area contributed by atoms with Gasteiger partial charge in [0.25, 0.3) is 0 Å². The molecule has 2 aromatic rings. The fourth-order valence-electron chi connectivity index (χ4n) is 1.49. The highest BCUT2D eigenvalue weighted by atomic mass is 19.1. The maximum absolute atomic E-state index is 12.8. The number of carbonyl (C=O) groups excluding carboxylic acids is 1. The molecule has 0 radical (unpaired) electrons. The zero-order valence-corrected chi connectivity index (χ0v) is 11.8. The van der Waals surface area contributed by atoms with Crippen molar-refractivity contribution in [2.45, 2.75) is 13.5 Å². The predicted molar refractivity (Wildman–Crippen MR) is 75.4 cm³/mol. The highest BCUT2D eigenvalue weighted by Crippen LogP contribution is 2.16. The minimum Gasteiger partial charge on any atom is -0.494 e.